The Morgan fingerprint density at radius 2 is 1.85 bits per heavy atom. The van der Waals surface area contributed by atoms with Crippen molar-refractivity contribution in [3.05, 3.63) is 30.0 Å². The molecule has 2 aliphatic heterocycles. The van der Waals surface area contributed by atoms with Crippen molar-refractivity contribution in [1.82, 2.24) is 20.2 Å². The van der Waals surface area contributed by atoms with Gasteiger partial charge in [-0.1, -0.05) is 19.8 Å². The lowest BCUT2D eigenvalue weighted by atomic mass is 10.0. The summed E-state index contributed by atoms with van der Waals surface area (Å²) in [4.78, 5) is 42.0. The van der Waals surface area contributed by atoms with E-state index in [2.05, 4.69) is 39.4 Å². The Labute approximate surface area is 242 Å². The largest absolute Gasteiger partial charge is 0.495 e. The van der Waals surface area contributed by atoms with Gasteiger partial charge in [-0.05, 0) is 75.1 Å². The van der Waals surface area contributed by atoms with Gasteiger partial charge in [-0.3, -0.25) is 9.59 Å². The first kappa shape index (κ1) is 27.8. The van der Waals surface area contributed by atoms with Crippen LogP contribution in [0.15, 0.2) is 24.4 Å². The third-order valence-corrected chi connectivity index (χ3v) is 9.70. The average molecular weight is 562 g/mol. The van der Waals surface area contributed by atoms with Gasteiger partial charge in [0, 0.05) is 38.3 Å². The molecule has 10 heteroatoms. The number of benzene rings is 1. The average Bonchev–Trinajstić information content (AvgIpc) is 3.71. The number of carbonyl (C=O) groups is 2. The SMILES string of the molecule is CC[C@@H]1C(=O)N(C)c2cnc(Nc3ccc(C(=O)NC[C@@H]4CC5CN(C)C[C@H]5C4)cc3OC)nc2N1C1CCCC1. The number of rotatable bonds is 8. The normalized spacial score (nSPS) is 26.3. The van der Waals surface area contributed by atoms with E-state index < -0.39 is 0 Å². The van der Waals surface area contributed by atoms with E-state index in [1.54, 1.807) is 37.4 Å². The van der Waals surface area contributed by atoms with E-state index in [0.717, 1.165) is 42.6 Å². The van der Waals surface area contributed by atoms with Crippen LogP contribution in [0.5, 0.6) is 5.75 Å². The van der Waals surface area contributed by atoms with Crippen LogP contribution in [-0.4, -0.2) is 79.6 Å². The van der Waals surface area contributed by atoms with Crippen molar-refractivity contribution >= 4 is 35.0 Å². The van der Waals surface area contributed by atoms with Crippen LogP contribution in [0, 0.1) is 17.8 Å². The fraction of sp³-hybridized carbons (Fsp3) is 0.613. The molecule has 6 rings (SSSR count). The fourth-order valence-corrected chi connectivity index (χ4v) is 7.67. The van der Waals surface area contributed by atoms with Gasteiger partial charge in [0.15, 0.2) is 5.82 Å². The third-order valence-electron chi connectivity index (χ3n) is 9.70. The summed E-state index contributed by atoms with van der Waals surface area (Å²) in [5, 5.41) is 6.45. The summed E-state index contributed by atoms with van der Waals surface area (Å²) >= 11 is 0. The van der Waals surface area contributed by atoms with Crippen LogP contribution in [0.25, 0.3) is 0 Å². The molecule has 41 heavy (non-hydrogen) atoms. The first-order valence-electron chi connectivity index (χ1n) is 15.2. The quantitative estimate of drug-likeness (QED) is 0.498. The minimum Gasteiger partial charge on any atom is -0.495 e. The van der Waals surface area contributed by atoms with Crippen LogP contribution in [0.1, 0.15) is 62.2 Å². The van der Waals surface area contributed by atoms with Crippen LogP contribution in [0.4, 0.5) is 23.1 Å². The second-order valence-electron chi connectivity index (χ2n) is 12.4. The first-order valence-corrected chi connectivity index (χ1v) is 15.2. The van der Waals surface area contributed by atoms with Crippen molar-refractivity contribution in [3.8, 4) is 5.75 Å². The lowest BCUT2D eigenvalue weighted by Gasteiger charge is -2.43. The Morgan fingerprint density at radius 3 is 2.54 bits per heavy atom. The highest BCUT2D eigenvalue weighted by Gasteiger charge is 2.41. The molecular weight excluding hydrogens is 518 g/mol. The van der Waals surface area contributed by atoms with Gasteiger partial charge >= 0.3 is 0 Å². The summed E-state index contributed by atoms with van der Waals surface area (Å²) in [6.07, 6.45) is 9.31. The van der Waals surface area contributed by atoms with Gasteiger partial charge in [0.2, 0.25) is 11.9 Å². The summed E-state index contributed by atoms with van der Waals surface area (Å²) in [7, 11) is 5.60. The van der Waals surface area contributed by atoms with E-state index in [1.165, 1.54) is 38.8 Å². The Morgan fingerprint density at radius 1 is 1.12 bits per heavy atom. The molecule has 220 valence electrons. The Kier molecular flexibility index (Phi) is 7.76. The maximum Gasteiger partial charge on any atom is 0.251 e. The second kappa shape index (κ2) is 11.5. The van der Waals surface area contributed by atoms with Gasteiger partial charge in [-0.25, -0.2) is 4.98 Å². The van der Waals surface area contributed by atoms with Crippen LogP contribution in [0.3, 0.4) is 0 Å². The number of amides is 2. The second-order valence-corrected chi connectivity index (χ2v) is 12.4. The molecule has 2 aromatic rings. The number of carbonyl (C=O) groups excluding carboxylic acids is 2. The Hall–Kier alpha value is -3.40. The summed E-state index contributed by atoms with van der Waals surface area (Å²) in [6, 6.07) is 5.48. The standard InChI is InChI=1S/C31H43N7O3/c1-5-25-30(40)37(3)26-16-33-31(35-28(26)38(25)23-8-6-7-9-23)34-24-11-10-20(14-27(24)41-4)29(39)32-15-19-12-21-17-36(2)18-22(21)13-19/h10-11,14,16,19,21-23,25H,5-9,12-13,15,17-18H2,1-4H3,(H,32,39)(H,33,34,35)/t19-,21+,22?,25+/m0/s1. The maximum atomic E-state index is 13.2. The van der Waals surface area contributed by atoms with E-state index in [0.29, 0.717) is 41.5 Å². The lowest BCUT2D eigenvalue weighted by Crippen LogP contribution is -2.55. The number of nitrogens with zero attached hydrogens (tertiary/aromatic N) is 5. The van der Waals surface area contributed by atoms with Gasteiger partial charge in [0.1, 0.15) is 17.5 Å². The molecule has 2 saturated carbocycles. The number of likely N-dealkylation sites (tertiary alicyclic amines) is 1. The molecule has 0 bridgehead atoms. The molecule has 2 N–H and O–H groups in total. The molecule has 3 heterocycles. The molecule has 2 amide bonds. The van der Waals surface area contributed by atoms with E-state index in [1.807, 2.05) is 6.07 Å². The van der Waals surface area contributed by atoms with E-state index in [9.17, 15) is 9.59 Å². The predicted molar refractivity (Wildman–Crippen MR) is 160 cm³/mol. The molecule has 4 aliphatic rings. The highest BCUT2D eigenvalue weighted by molar-refractivity contribution is 6.04. The van der Waals surface area contributed by atoms with Crippen LogP contribution in [0.2, 0.25) is 0 Å². The predicted octanol–water partition coefficient (Wildman–Crippen LogP) is 4.05. The molecule has 10 nitrogen and oxygen atoms in total. The molecule has 1 saturated heterocycles. The maximum absolute atomic E-state index is 13.2. The first-order chi connectivity index (χ1) is 19.9. The lowest BCUT2D eigenvalue weighted by molar-refractivity contribution is -0.120. The monoisotopic (exact) mass is 561 g/mol. The Balaban J connectivity index is 1.16. The fourth-order valence-electron chi connectivity index (χ4n) is 7.67. The highest BCUT2D eigenvalue weighted by atomic mass is 16.5. The van der Waals surface area contributed by atoms with Crippen molar-refractivity contribution < 1.29 is 14.3 Å². The number of hydrogen-bond donors (Lipinski definition) is 2. The molecular formula is C31H43N7O3. The third kappa shape index (κ3) is 5.34. The van der Waals surface area contributed by atoms with Crippen LogP contribution >= 0.6 is 0 Å². The molecule has 0 spiro atoms. The van der Waals surface area contributed by atoms with Crippen molar-refractivity contribution in [2.24, 2.45) is 17.8 Å². The van der Waals surface area contributed by atoms with Gasteiger partial charge in [0.05, 0.1) is 19.0 Å². The van der Waals surface area contributed by atoms with Gasteiger partial charge in [-0.15, -0.1) is 0 Å². The molecule has 0 radical (unpaired) electrons. The molecule has 2 aliphatic carbocycles. The number of likely N-dealkylation sites (N-methyl/N-ethyl adjacent to an activating group) is 1. The molecule has 1 aromatic heterocycles. The van der Waals surface area contributed by atoms with E-state index in [4.69, 9.17) is 9.72 Å². The topological polar surface area (TPSA) is 103 Å². The van der Waals surface area contributed by atoms with E-state index in [-0.39, 0.29) is 17.9 Å². The number of anilines is 4. The molecule has 1 aromatic carbocycles. The summed E-state index contributed by atoms with van der Waals surface area (Å²) in [6.45, 7) is 5.14. The van der Waals surface area contributed by atoms with Crippen LogP contribution in [-0.2, 0) is 4.79 Å². The number of nitrogens with one attached hydrogen (secondary N) is 2. The number of fused-ring (bicyclic) bond motifs is 2. The smallest absolute Gasteiger partial charge is 0.251 e. The highest BCUT2D eigenvalue weighted by Crippen LogP contribution is 2.42. The number of aromatic nitrogens is 2. The van der Waals surface area contributed by atoms with Crippen LogP contribution < -0.4 is 25.2 Å². The summed E-state index contributed by atoms with van der Waals surface area (Å²) < 4.78 is 5.66. The van der Waals surface area contributed by atoms with Crippen molar-refractivity contribution in [2.45, 2.75) is 64.0 Å². The number of ether oxygens (including phenoxy) is 1. The minimum atomic E-state index is -0.226. The van der Waals surface area contributed by atoms with Gasteiger partial charge < -0.3 is 30.1 Å². The van der Waals surface area contributed by atoms with Crippen molar-refractivity contribution in [2.75, 3.05) is 56.0 Å². The number of methoxy groups -OCH3 is 1. The van der Waals surface area contributed by atoms with Crippen molar-refractivity contribution in [1.29, 1.82) is 0 Å². The van der Waals surface area contributed by atoms with E-state index >= 15 is 0 Å². The molecule has 3 fully saturated rings. The zero-order chi connectivity index (χ0) is 28.7. The molecule has 1 unspecified atom stereocenters. The van der Waals surface area contributed by atoms with Gasteiger partial charge in [0.25, 0.3) is 5.91 Å². The number of hydrogen-bond acceptors (Lipinski definition) is 8. The minimum absolute atomic E-state index is 0.0837. The Bertz CT molecular complexity index is 1280. The summed E-state index contributed by atoms with van der Waals surface area (Å²) in [5.74, 6) is 3.88. The van der Waals surface area contributed by atoms with Gasteiger partial charge in [-0.2, -0.15) is 4.98 Å². The zero-order valence-electron chi connectivity index (χ0n) is 24.7. The summed E-state index contributed by atoms with van der Waals surface area (Å²) in [5.41, 5.74) is 1.97. The van der Waals surface area contributed by atoms with Crippen molar-refractivity contribution in [3.63, 3.8) is 0 Å². The zero-order valence-corrected chi connectivity index (χ0v) is 24.7. The molecule has 4 atom stereocenters.